The van der Waals surface area contributed by atoms with E-state index in [1.807, 2.05) is 4.98 Å². The van der Waals surface area contributed by atoms with Crippen LogP contribution in [0, 0.1) is 6.92 Å². The fourth-order valence-corrected chi connectivity index (χ4v) is 1.90. The lowest BCUT2D eigenvalue weighted by atomic mass is 10.2. The molecule has 0 bridgehead atoms. The van der Waals surface area contributed by atoms with E-state index in [2.05, 4.69) is 0 Å². The van der Waals surface area contributed by atoms with E-state index >= 15 is 0 Å². The zero-order valence-corrected chi connectivity index (χ0v) is 9.45. The van der Waals surface area contributed by atoms with Crippen molar-refractivity contribution in [2.45, 2.75) is 31.5 Å². The number of H-pyrrole nitrogens is 1. The van der Waals surface area contributed by atoms with Gasteiger partial charge in [-0.15, -0.1) is 0 Å². The molecule has 1 saturated carbocycles. The Morgan fingerprint density at radius 1 is 1.35 bits per heavy atom. The summed E-state index contributed by atoms with van der Waals surface area (Å²) in [5.74, 6) is 0. The lowest BCUT2D eigenvalue weighted by Gasteiger charge is -2.21. The fraction of sp³-hybridized carbons (Fsp3) is 0.556. The molecule has 0 aliphatic heterocycles. The van der Waals surface area contributed by atoms with Crippen LogP contribution in [0.15, 0.2) is 9.59 Å². The Labute approximate surface area is 98.0 Å². The smallest absolute Gasteiger partial charge is 0.297 e. The first kappa shape index (κ1) is 12.2. The molecule has 0 atom stereocenters. The zero-order valence-electron chi connectivity index (χ0n) is 8.69. The van der Waals surface area contributed by atoms with E-state index in [0.717, 1.165) is 0 Å². The van der Waals surface area contributed by atoms with Crippen LogP contribution in [-0.2, 0) is 5.54 Å². The number of rotatable bonds is 1. The van der Waals surface area contributed by atoms with Crippen LogP contribution in [0.4, 0.5) is 13.2 Å². The third kappa shape index (κ3) is 1.60. The van der Waals surface area contributed by atoms with Crippen molar-refractivity contribution in [1.82, 2.24) is 9.55 Å². The Balaban J connectivity index is 2.75. The molecule has 1 aliphatic carbocycles. The molecule has 17 heavy (non-hydrogen) atoms. The topological polar surface area (TPSA) is 54.9 Å². The van der Waals surface area contributed by atoms with Crippen molar-refractivity contribution in [3.8, 4) is 0 Å². The molecule has 1 N–H and O–H groups in total. The summed E-state index contributed by atoms with van der Waals surface area (Å²) in [6.07, 6.45) is -5.15. The van der Waals surface area contributed by atoms with Crippen LogP contribution in [0.25, 0.3) is 0 Å². The highest BCUT2D eigenvalue weighted by molar-refractivity contribution is 6.30. The Kier molecular flexibility index (Phi) is 2.43. The molecule has 2 rings (SSSR count). The van der Waals surface area contributed by atoms with Crippen molar-refractivity contribution >= 4 is 11.6 Å². The second kappa shape index (κ2) is 3.38. The summed E-state index contributed by atoms with van der Waals surface area (Å²) >= 11 is 5.53. The highest BCUT2D eigenvalue weighted by Crippen LogP contribution is 2.54. The molecule has 1 fully saturated rings. The van der Waals surface area contributed by atoms with Crippen molar-refractivity contribution < 1.29 is 13.2 Å². The molecule has 4 nitrogen and oxygen atoms in total. The van der Waals surface area contributed by atoms with Gasteiger partial charge in [0.2, 0.25) is 0 Å². The Hall–Kier alpha value is -1.24. The lowest BCUT2D eigenvalue weighted by Crippen LogP contribution is -2.49. The number of nitrogens with one attached hydrogen (secondary N) is 1. The molecule has 0 radical (unpaired) electrons. The first-order valence-corrected chi connectivity index (χ1v) is 5.17. The predicted octanol–water partition coefficient (Wildman–Crippen LogP) is 1.55. The number of alkyl halides is 3. The molecule has 0 saturated heterocycles. The first-order chi connectivity index (χ1) is 7.71. The summed E-state index contributed by atoms with van der Waals surface area (Å²) in [6.45, 7) is 1.27. The van der Waals surface area contributed by atoms with E-state index in [1.54, 1.807) is 0 Å². The minimum absolute atomic E-state index is 0.0956. The Bertz CT molecular complexity index is 583. The summed E-state index contributed by atoms with van der Waals surface area (Å²) in [4.78, 5) is 25.2. The standard InChI is InChI=1S/C9H8ClF3N2O2/c1-4-5(10)14-7(17)15(6(4)16)8(2-3-8)9(11,12)13/h2-3H2,1H3,(H,14,17). The van der Waals surface area contributed by atoms with Gasteiger partial charge in [0.1, 0.15) is 10.7 Å². The number of aromatic amines is 1. The van der Waals surface area contributed by atoms with Crippen LogP contribution in [0.1, 0.15) is 18.4 Å². The van der Waals surface area contributed by atoms with Gasteiger partial charge in [0.05, 0.1) is 0 Å². The maximum Gasteiger partial charge on any atom is 0.412 e. The number of hydrogen-bond acceptors (Lipinski definition) is 2. The zero-order chi connectivity index (χ0) is 13.0. The van der Waals surface area contributed by atoms with E-state index in [9.17, 15) is 22.8 Å². The number of aromatic nitrogens is 2. The predicted molar refractivity (Wildman–Crippen MR) is 54.3 cm³/mol. The first-order valence-electron chi connectivity index (χ1n) is 4.79. The number of halogens is 4. The minimum atomic E-state index is -4.62. The Morgan fingerprint density at radius 3 is 2.29 bits per heavy atom. The summed E-state index contributed by atoms with van der Waals surface area (Å²) in [7, 11) is 0. The molecule has 1 heterocycles. The van der Waals surface area contributed by atoms with Crippen LogP contribution < -0.4 is 11.2 Å². The third-order valence-corrected chi connectivity index (χ3v) is 3.33. The summed E-state index contributed by atoms with van der Waals surface area (Å²) in [5.41, 5.74) is -4.57. The summed E-state index contributed by atoms with van der Waals surface area (Å²) in [5, 5.41) is -0.228. The number of hydrogen-bond donors (Lipinski definition) is 1. The van der Waals surface area contributed by atoms with Crippen LogP contribution in [0.5, 0.6) is 0 Å². The van der Waals surface area contributed by atoms with Crippen molar-refractivity contribution in [3.05, 3.63) is 31.6 Å². The van der Waals surface area contributed by atoms with Gasteiger partial charge in [-0.1, -0.05) is 11.6 Å². The average Bonchev–Trinajstić information content (AvgIpc) is 2.94. The molecular weight excluding hydrogens is 261 g/mol. The fourth-order valence-electron chi connectivity index (χ4n) is 1.74. The lowest BCUT2D eigenvalue weighted by molar-refractivity contribution is -0.181. The molecule has 0 amide bonds. The van der Waals surface area contributed by atoms with Crippen LogP contribution in [0.3, 0.4) is 0 Å². The maximum atomic E-state index is 12.8. The second-order valence-corrected chi connectivity index (χ2v) is 4.42. The average molecular weight is 269 g/mol. The Morgan fingerprint density at radius 2 is 1.88 bits per heavy atom. The summed E-state index contributed by atoms with van der Waals surface area (Å²) in [6, 6.07) is 0. The SMILES string of the molecule is Cc1c(Cl)[nH]c(=O)n(C2(C(F)(F)F)CC2)c1=O. The van der Waals surface area contributed by atoms with Crippen molar-refractivity contribution in [2.75, 3.05) is 0 Å². The van der Waals surface area contributed by atoms with Gasteiger partial charge < -0.3 is 0 Å². The molecule has 1 aliphatic rings. The van der Waals surface area contributed by atoms with Gasteiger partial charge in [0, 0.05) is 5.56 Å². The molecule has 1 aromatic rings. The van der Waals surface area contributed by atoms with E-state index in [4.69, 9.17) is 11.6 Å². The van der Waals surface area contributed by atoms with Gasteiger partial charge in [-0.2, -0.15) is 13.2 Å². The highest BCUT2D eigenvalue weighted by Gasteiger charge is 2.66. The number of nitrogens with zero attached hydrogens (tertiary/aromatic N) is 1. The molecular formula is C9H8ClF3N2O2. The van der Waals surface area contributed by atoms with E-state index in [0.29, 0.717) is 0 Å². The van der Waals surface area contributed by atoms with Crippen LogP contribution in [0.2, 0.25) is 5.15 Å². The molecule has 8 heteroatoms. The minimum Gasteiger partial charge on any atom is -0.297 e. The molecule has 1 aromatic heterocycles. The normalized spacial score (nSPS) is 18.2. The second-order valence-electron chi connectivity index (χ2n) is 4.04. The van der Waals surface area contributed by atoms with Gasteiger partial charge in [-0.05, 0) is 19.8 Å². The van der Waals surface area contributed by atoms with Crippen molar-refractivity contribution in [1.29, 1.82) is 0 Å². The molecule has 0 spiro atoms. The van der Waals surface area contributed by atoms with Crippen molar-refractivity contribution in [2.24, 2.45) is 0 Å². The van der Waals surface area contributed by atoms with Gasteiger partial charge in [-0.25, -0.2) is 9.36 Å². The summed E-state index contributed by atoms with van der Waals surface area (Å²) < 4.78 is 38.7. The third-order valence-electron chi connectivity index (χ3n) is 2.95. The van der Waals surface area contributed by atoms with E-state index < -0.39 is 23.0 Å². The largest absolute Gasteiger partial charge is 0.412 e. The molecule has 94 valence electrons. The van der Waals surface area contributed by atoms with E-state index in [1.165, 1.54) is 6.92 Å². The van der Waals surface area contributed by atoms with Gasteiger partial charge in [-0.3, -0.25) is 9.78 Å². The van der Waals surface area contributed by atoms with Gasteiger partial charge in [0.15, 0.2) is 0 Å². The highest BCUT2D eigenvalue weighted by atomic mass is 35.5. The molecule has 0 aromatic carbocycles. The maximum absolute atomic E-state index is 12.8. The molecule has 0 unspecified atom stereocenters. The van der Waals surface area contributed by atoms with Crippen LogP contribution >= 0.6 is 11.6 Å². The van der Waals surface area contributed by atoms with Crippen molar-refractivity contribution in [3.63, 3.8) is 0 Å². The van der Waals surface area contributed by atoms with Gasteiger partial charge >= 0.3 is 11.9 Å². The van der Waals surface area contributed by atoms with Gasteiger partial charge in [0.25, 0.3) is 5.56 Å². The monoisotopic (exact) mass is 268 g/mol. The quantitative estimate of drug-likeness (QED) is 0.786. The van der Waals surface area contributed by atoms with Crippen LogP contribution in [-0.4, -0.2) is 15.7 Å². The van der Waals surface area contributed by atoms with E-state index in [-0.39, 0.29) is 28.1 Å².